The molecule has 3 N–H and O–H groups in total. The van der Waals surface area contributed by atoms with Crippen LogP contribution in [0, 0.1) is 5.82 Å². The van der Waals surface area contributed by atoms with E-state index in [1.54, 1.807) is 24.4 Å². The van der Waals surface area contributed by atoms with Crippen LogP contribution in [0.5, 0.6) is 0 Å². The fourth-order valence-corrected chi connectivity index (χ4v) is 2.93. The number of carbonyl (C=O) groups is 1. The van der Waals surface area contributed by atoms with Gasteiger partial charge in [-0.3, -0.25) is 9.59 Å². The molecule has 0 saturated carbocycles. The van der Waals surface area contributed by atoms with Crippen molar-refractivity contribution >= 4 is 34.7 Å². The topological polar surface area (TPSA) is 86.9 Å². The number of amides is 1. The maximum atomic E-state index is 13.5. The largest absolute Gasteiger partial charge is 0.354 e. The van der Waals surface area contributed by atoms with E-state index >= 15 is 0 Å². The van der Waals surface area contributed by atoms with Crippen molar-refractivity contribution in [2.75, 3.05) is 10.6 Å². The number of hydrogen-bond acceptors (Lipinski definition) is 4. The molecule has 0 aliphatic carbocycles. The summed E-state index contributed by atoms with van der Waals surface area (Å²) in [6, 6.07) is 9.26. The van der Waals surface area contributed by atoms with Crippen LogP contribution in [0.25, 0.3) is 11.1 Å². The highest BCUT2D eigenvalue weighted by Gasteiger charge is 2.12. The van der Waals surface area contributed by atoms with E-state index in [4.69, 9.17) is 11.6 Å². The second-order valence-corrected chi connectivity index (χ2v) is 6.53. The molecular weight excluding hydrogens is 383 g/mol. The molecule has 0 radical (unpaired) electrons. The fourth-order valence-electron chi connectivity index (χ4n) is 2.75. The van der Waals surface area contributed by atoms with E-state index in [1.165, 1.54) is 25.1 Å². The van der Waals surface area contributed by atoms with Gasteiger partial charge >= 0.3 is 0 Å². The minimum absolute atomic E-state index is 0.0555. The molecule has 2 heterocycles. The molecule has 1 amide bonds. The van der Waals surface area contributed by atoms with Gasteiger partial charge in [0.15, 0.2) is 0 Å². The number of halogens is 2. The molecule has 28 heavy (non-hydrogen) atoms. The lowest BCUT2D eigenvalue weighted by atomic mass is 10.1. The van der Waals surface area contributed by atoms with Crippen LogP contribution in [0.1, 0.15) is 19.5 Å². The van der Waals surface area contributed by atoms with Gasteiger partial charge in [-0.1, -0.05) is 24.6 Å². The van der Waals surface area contributed by atoms with Crippen LogP contribution < -0.4 is 16.2 Å². The van der Waals surface area contributed by atoms with Crippen LogP contribution in [-0.4, -0.2) is 15.9 Å². The first-order chi connectivity index (χ1) is 13.4. The molecule has 8 heteroatoms. The van der Waals surface area contributed by atoms with E-state index in [0.717, 1.165) is 0 Å². The van der Waals surface area contributed by atoms with Crippen LogP contribution in [-0.2, 0) is 11.2 Å². The van der Waals surface area contributed by atoms with Crippen LogP contribution in [0.2, 0.25) is 5.02 Å². The summed E-state index contributed by atoms with van der Waals surface area (Å²) in [5, 5.41) is 5.80. The third-order valence-corrected chi connectivity index (χ3v) is 4.34. The van der Waals surface area contributed by atoms with Gasteiger partial charge in [0.2, 0.25) is 5.91 Å². The van der Waals surface area contributed by atoms with Crippen LogP contribution >= 0.6 is 11.6 Å². The van der Waals surface area contributed by atoms with E-state index < -0.39 is 5.82 Å². The van der Waals surface area contributed by atoms with Crippen LogP contribution in [0.15, 0.2) is 47.4 Å². The smallest absolute Gasteiger partial charge is 0.256 e. The Morgan fingerprint density at radius 2 is 2.04 bits per heavy atom. The lowest BCUT2D eigenvalue weighted by molar-refractivity contribution is -0.114. The number of rotatable bonds is 5. The Morgan fingerprint density at radius 1 is 1.25 bits per heavy atom. The molecule has 0 spiro atoms. The summed E-state index contributed by atoms with van der Waals surface area (Å²) in [6.45, 7) is 3.32. The molecule has 3 aromatic rings. The number of benzene rings is 1. The molecule has 0 aliphatic heterocycles. The molecule has 0 atom stereocenters. The summed E-state index contributed by atoms with van der Waals surface area (Å²) in [6.07, 6.45) is 2.15. The molecule has 0 bridgehead atoms. The zero-order valence-corrected chi connectivity index (χ0v) is 16.0. The van der Waals surface area contributed by atoms with Crippen LogP contribution in [0.3, 0.4) is 0 Å². The van der Waals surface area contributed by atoms with Crippen molar-refractivity contribution in [1.29, 1.82) is 0 Å². The monoisotopic (exact) mass is 400 g/mol. The van der Waals surface area contributed by atoms with Crippen molar-refractivity contribution < 1.29 is 9.18 Å². The lowest BCUT2D eigenvalue weighted by Gasteiger charge is -2.14. The third kappa shape index (κ3) is 4.37. The zero-order chi connectivity index (χ0) is 20.3. The Labute approximate surface area is 165 Å². The minimum atomic E-state index is -0.548. The molecule has 3 rings (SSSR count). The van der Waals surface area contributed by atoms with E-state index in [9.17, 15) is 14.0 Å². The molecule has 0 unspecified atom stereocenters. The zero-order valence-electron chi connectivity index (χ0n) is 15.3. The van der Waals surface area contributed by atoms with Gasteiger partial charge in [0.05, 0.1) is 10.7 Å². The summed E-state index contributed by atoms with van der Waals surface area (Å²) in [5.41, 5.74) is 2.64. The number of carbonyl (C=O) groups excluding carboxylic acids is 1. The number of nitrogens with zero attached hydrogens (tertiary/aromatic N) is 1. The van der Waals surface area contributed by atoms with Gasteiger partial charge in [-0.2, -0.15) is 0 Å². The quantitative estimate of drug-likeness (QED) is 0.588. The number of aromatic nitrogens is 2. The fraction of sp³-hybridized carbons (Fsp3) is 0.150. The second kappa shape index (κ2) is 8.22. The number of anilines is 3. The number of aryl methyl sites for hydroxylation is 1. The number of H-pyrrole nitrogens is 1. The van der Waals surface area contributed by atoms with Crippen molar-refractivity contribution in [2.24, 2.45) is 0 Å². The Bertz CT molecular complexity index is 1100. The first kappa shape index (κ1) is 19.6. The van der Waals surface area contributed by atoms with Gasteiger partial charge in [0.25, 0.3) is 5.56 Å². The Balaban J connectivity index is 2.02. The summed E-state index contributed by atoms with van der Waals surface area (Å²) in [7, 11) is 0. The molecule has 2 aromatic heterocycles. The average Bonchev–Trinajstić information content (AvgIpc) is 2.65. The number of pyridine rings is 2. The maximum Gasteiger partial charge on any atom is 0.256 e. The van der Waals surface area contributed by atoms with Crippen molar-refractivity contribution in [1.82, 2.24) is 9.97 Å². The molecule has 0 aliphatic rings. The Morgan fingerprint density at radius 3 is 2.71 bits per heavy atom. The first-order valence-corrected chi connectivity index (χ1v) is 8.97. The predicted molar refractivity (Wildman–Crippen MR) is 109 cm³/mol. The van der Waals surface area contributed by atoms with Gasteiger partial charge in [-0.25, -0.2) is 9.37 Å². The van der Waals surface area contributed by atoms with Gasteiger partial charge in [-0.15, -0.1) is 0 Å². The summed E-state index contributed by atoms with van der Waals surface area (Å²) in [5.74, 6) is -0.364. The van der Waals surface area contributed by atoms with Gasteiger partial charge in [0.1, 0.15) is 11.6 Å². The lowest BCUT2D eigenvalue weighted by Crippen LogP contribution is -2.14. The van der Waals surface area contributed by atoms with Crippen molar-refractivity contribution in [3.8, 4) is 11.1 Å². The van der Waals surface area contributed by atoms with Gasteiger partial charge < -0.3 is 15.6 Å². The Kier molecular flexibility index (Phi) is 5.75. The normalized spacial score (nSPS) is 10.6. The minimum Gasteiger partial charge on any atom is -0.354 e. The third-order valence-electron chi connectivity index (χ3n) is 4.05. The number of aromatic amines is 1. The van der Waals surface area contributed by atoms with Crippen molar-refractivity contribution in [3.05, 3.63) is 69.5 Å². The van der Waals surface area contributed by atoms with E-state index in [1.807, 2.05) is 6.92 Å². The highest BCUT2D eigenvalue weighted by Crippen LogP contribution is 2.27. The molecule has 0 fully saturated rings. The van der Waals surface area contributed by atoms with Crippen molar-refractivity contribution in [3.63, 3.8) is 0 Å². The highest BCUT2D eigenvalue weighted by atomic mass is 35.5. The van der Waals surface area contributed by atoms with Gasteiger partial charge in [0, 0.05) is 36.1 Å². The molecule has 6 nitrogen and oxygen atoms in total. The molecule has 0 saturated heterocycles. The van der Waals surface area contributed by atoms with E-state index in [2.05, 4.69) is 20.6 Å². The summed E-state index contributed by atoms with van der Waals surface area (Å²) >= 11 is 5.86. The van der Waals surface area contributed by atoms with E-state index in [0.29, 0.717) is 40.4 Å². The molecular formula is C20H18ClFN4O2. The summed E-state index contributed by atoms with van der Waals surface area (Å²) < 4.78 is 13.5. The molecule has 1 aromatic carbocycles. The molecule has 144 valence electrons. The first-order valence-electron chi connectivity index (χ1n) is 8.59. The predicted octanol–water partition coefficient (Wildman–Crippen LogP) is 4.49. The number of nitrogens with one attached hydrogen (secondary N) is 3. The van der Waals surface area contributed by atoms with Gasteiger partial charge in [-0.05, 0) is 36.2 Å². The number of hydrogen-bond donors (Lipinski definition) is 3. The average molecular weight is 401 g/mol. The Hall–Kier alpha value is -3.19. The van der Waals surface area contributed by atoms with E-state index in [-0.39, 0.29) is 16.5 Å². The SMILES string of the molecule is CCc1[nH]c(=O)c(-c2ccc(F)c(Cl)c2)cc1Nc1ccnc(NC(C)=O)c1. The summed E-state index contributed by atoms with van der Waals surface area (Å²) in [4.78, 5) is 30.7. The van der Waals surface area contributed by atoms with Crippen molar-refractivity contribution in [2.45, 2.75) is 20.3 Å². The van der Waals surface area contributed by atoms with Crippen LogP contribution in [0.4, 0.5) is 21.6 Å². The second-order valence-electron chi connectivity index (χ2n) is 6.12. The highest BCUT2D eigenvalue weighted by molar-refractivity contribution is 6.31. The maximum absolute atomic E-state index is 13.5. The standard InChI is InChI=1S/C20H18ClFN4O2/c1-3-17-18(25-13-6-7-23-19(9-13)24-11(2)27)10-14(20(28)26-17)12-4-5-16(22)15(21)8-12/h4-10H,3H2,1-2H3,(H,26,28)(H2,23,24,25,27).